The van der Waals surface area contributed by atoms with Gasteiger partial charge in [-0.3, -0.25) is 0 Å². The van der Waals surface area contributed by atoms with Crippen molar-refractivity contribution in [3.8, 4) is 56.8 Å². The predicted molar refractivity (Wildman–Crippen MR) is 230 cm³/mol. The van der Waals surface area contributed by atoms with E-state index in [1.165, 1.54) is 14.8 Å². The number of para-hydroxylation sites is 1. The van der Waals surface area contributed by atoms with Gasteiger partial charge in [-0.2, -0.15) is 0 Å². The van der Waals surface area contributed by atoms with E-state index in [-0.39, 0.29) is 0 Å². The summed E-state index contributed by atoms with van der Waals surface area (Å²) in [6.07, 6.45) is 0. The number of furan rings is 2. The molecule has 12 aromatic rings. The highest BCUT2D eigenvalue weighted by Crippen LogP contribution is 2.42. The molecule has 0 N–H and O–H groups in total. The maximum Gasteiger partial charge on any atom is 0.180 e. The summed E-state index contributed by atoms with van der Waals surface area (Å²) in [6.45, 7) is 0. The minimum Gasteiger partial charge on any atom is -0.456 e. The molecule has 266 valence electrons. The van der Waals surface area contributed by atoms with Crippen molar-refractivity contribution >= 4 is 75.5 Å². The number of nitrogens with zero attached hydrogens (tertiary/aromatic N) is 5. The molecule has 0 aliphatic heterocycles. The van der Waals surface area contributed by atoms with Crippen LogP contribution in [0.4, 0.5) is 0 Å². The van der Waals surface area contributed by atoms with E-state index in [0.717, 1.165) is 66.0 Å². The highest BCUT2D eigenvalue weighted by Gasteiger charge is 2.22. The molecule has 57 heavy (non-hydrogen) atoms. The van der Waals surface area contributed by atoms with Crippen LogP contribution in [-0.4, -0.2) is 24.9 Å². The third-order valence-corrected chi connectivity index (χ3v) is 11.7. The summed E-state index contributed by atoms with van der Waals surface area (Å²) in [5.41, 5.74) is 8.83. The summed E-state index contributed by atoms with van der Waals surface area (Å²) >= 11 is 1.78. The van der Waals surface area contributed by atoms with Crippen molar-refractivity contribution < 1.29 is 8.83 Å². The lowest BCUT2D eigenvalue weighted by atomic mass is 10.0. The molecule has 8 heteroatoms. The molecule has 7 nitrogen and oxygen atoms in total. The number of thiophene rings is 1. The van der Waals surface area contributed by atoms with Crippen molar-refractivity contribution in [1.82, 2.24) is 24.9 Å². The van der Waals surface area contributed by atoms with E-state index in [9.17, 15) is 0 Å². The van der Waals surface area contributed by atoms with Crippen LogP contribution in [0.15, 0.2) is 173 Å². The van der Waals surface area contributed by atoms with Gasteiger partial charge in [-0.15, -0.1) is 11.3 Å². The van der Waals surface area contributed by atoms with E-state index >= 15 is 0 Å². The van der Waals surface area contributed by atoms with Gasteiger partial charge in [0.25, 0.3) is 0 Å². The molecule has 5 aromatic heterocycles. The van der Waals surface area contributed by atoms with Crippen LogP contribution in [0.5, 0.6) is 0 Å². The van der Waals surface area contributed by atoms with Crippen molar-refractivity contribution in [1.29, 1.82) is 0 Å². The van der Waals surface area contributed by atoms with E-state index < -0.39 is 0 Å². The van der Waals surface area contributed by atoms with Gasteiger partial charge < -0.3 is 8.83 Å². The van der Waals surface area contributed by atoms with E-state index in [1.807, 2.05) is 103 Å². The standard InChI is InChI=1S/C49H27N5O2S/c1-3-13-28(14-4-1)46-50-43(45-44(51-46)32-17-7-9-21-36(32)56-45)30-25-26-31-38(27-30)55-37-22-11-19-34(41(31)37)48-52-47(29-15-5-2-6-16-29)53-49(54-48)35-20-12-24-40-42(35)33-18-8-10-23-39(33)57-40/h1-27H. The maximum atomic E-state index is 6.64. The number of rotatable bonds is 5. The molecule has 0 saturated carbocycles. The van der Waals surface area contributed by atoms with E-state index in [0.29, 0.717) is 40.2 Å². The average Bonchev–Trinajstić information content (AvgIpc) is 3.97. The molecule has 0 spiro atoms. The zero-order valence-electron chi connectivity index (χ0n) is 30.0. The number of hydrogen-bond donors (Lipinski definition) is 0. The van der Waals surface area contributed by atoms with Crippen molar-refractivity contribution in [2.75, 3.05) is 0 Å². The Morgan fingerprint density at radius 1 is 0.368 bits per heavy atom. The Kier molecular flexibility index (Phi) is 6.96. The van der Waals surface area contributed by atoms with Crippen LogP contribution in [0.25, 0.3) is 121 Å². The van der Waals surface area contributed by atoms with Crippen LogP contribution >= 0.6 is 11.3 Å². The average molecular weight is 750 g/mol. The van der Waals surface area contributed by atoms with Crippen molar-refractivity contribution in [3.05, 3.63) is 164 Å². The number of aromatic nitrogens is 5. The lowest BCUT2D eigenvalue weighted by molar-refractivity contribution is 0.666. The van der Waals surface area contributed by atoms with Crippen LogP contribution < -0.4 is 0 Å². The molecule has 0 bridgehead atoms. The predicted octanol–water partition coefficient (Wildman–Crippen LogP) is 13.2. The topological polar surface area (TPSA) is 90.7 Å². The monoisotopic (exact) mass is 749 g/mol. The highest BCUT2D eigenvalue weighted by molar-refractivity contribution is 7.25. The summed E-state index contributed by atoms with van der Waals surface area (Å²) in [6, 6.07) is 55.2. The van der Waals surface area contributed by atoms with Gasteiger partial charge in [-0.1, -0.05) is 121 Å². The molecule has 0 radical (unpaired) electrons. The zero-order chi connectivity index (χ0) is 37.5. The van der Waals surface area contributed by atoms with Gasteiger partial charge in [0.05, 0.1) is 0 Å². The fourth-order valence-corrected chi connectivity index (χ4v) is 9.09. The summed E-state index contributed by atoms with van der Waals surface area (Å²) in [5.74, 6) is 2.42. The second kappa shape index (κ2) is 12.5. The highest BCUT2D eigenvalue weighted by atomic mass is 32.1. The second-order valence-electron chi connectivity index (χ2n) is 14.0. The van der Waals surface area contributed by atoms with Gasteiger partial charge in [-0.05, 0) is 42.5 Å². The molecule has 0 atom stereocenters. The van der Waals surface area contributed by atoms with Crippen LogP contribution in [0.2, 0.25) is 0 Å². The van der Waals surface area contributed by atoms with Crippen molar-refractivity contribution in [2.24, 2.45) is 0 Å². The fourth-order valence-electron chi connectivity index (χ4n) is 7.96. The van der Waals surface area contributed by atoms with E-state index in [4.69, 9.17) is 33.8 Å². The molecular formula is C49H27N5O2S. The first-order chi connectivity index (χ1) is 28.2. The third-order valence-electron chi connectivity index (χ3n) is 10.6. The first-order valence-corrected chi connectivity index (χ1v) is 19.5. The van der Waals surface area contributed by atoms with Gasteiger partial charge in [-0.25, -0.2) is 24.9 Å². The quantitative estimate of drug-likeness (QED) is 0.173. The molecule has 0 aliphatic carbocycles. The Labute approximate surface area is 328 Å². The third kappa shape index (κ3) is 5.08. The largest absolute Gasteiger partial charge is 0.456 e. The van der Waals surface area contributed by atoms with Gasteiger partial charge in [0, 0.05) is 64.1 Å². The maximum absolute atomic E-state index is 6.64. The van der Waals surface area contributed by atoms with Crippen LogP contribution in [0.1, 0.15) is 0 Å². The van der Waals surface area contributed by atoms with Crippen LogP contribution in [0.3, 0.4) is 0 Å². The summed E-state index contributed by atoms with van der Waals surface area (Å²) in [5, 5.41) is 5.15. The lowest BCUT2D eigenvalue weighted by Crippen LogP contribution is -2.00. The molecule has 0 fully saturated rings. The molecule has 12 rings (SSSR count). The summed E-state index contributed by atoms with van der Waals surface area (Å²) < 4.78 is 15.5. The lowest BCUT2D eigenvalue weighted by Gasteiger charge is -2.10. The molecule has 7 aromatic carbocycles. The minimum atomic E-state index is 0.569. The summed E-state index contributed by atoms with van der Waals surface area (Å²) in [7, 11) is 0. The summed E-state index contributed by atoms with van der Waals surface area (Å²) in [4.78, 5) is 25.6. The first kappa shape index (κ1) is 31.8. The molecule has 5 heterocycles. The van der Waals surface area contributed by atoms with Gasteiger partial charge in [0.1, 0.15) is 28.0 Å². The van der Waals surface area contributed by atoms with Crippen LogP contribution in [0, 0.1) is 0 Å². The Morgan fingerprint density at radius 2 is 0.982 bits per heavy atom. The van der Waals surface area contributed by atoms with E-state index in [1.54, 1.807) is 11.3 Å². The van der Waals surface area contributed by atoms with E-state index in [2.05, 4.69) is 60.7 Å². The molecular weight excluding hydrogens is 723 g/mol. The molecule has 0 aliphatic rings. The molecule has 0 unspecified atom stereocenters. The van der Waals surface area contributed by atoms with Gasteiger partial charge in [0.15, 0.2) is 28.9 Å². The van der Waals surface area contributed by atoms with Gasteiger partial charge in [0.2, 0.25) is 0 Å². The Bertz CT molecular complexity index is 3540. The minimum absolute atomic E-state index is 0.569. The molecule has 0 saturated heterocycles. The first-order valence-electron chi connectivity index (χ1n) is 18.7. The van der Waals surface area contributed by atoms with Gasteiger partial charge >= 0.3 is 0 Å². The smallest absolute Gasteiger partial charge is 0.180 e. The fraction of sp³-hybridized carbons (Fsp3) is 0. The Morgan fingerprint density at radius 3 is 1.77 bits per heavy atom. The normalized spacial score (nSPS) is 11.9. The number of fused-ring (bicyclic) bond motifs is 9. The Balaban J connectivity index is 1.07. The van der Waals surface area contributed by atoms with Crippen molar-refractivity contribution in [2.45, 2.75) is 0 Å². The van der Waals surface area contributed by atoms with Crippen molar-refractivity contribution in [3.63, 3.8) is 0 Å². The number of hydrogen-bond acceptors (Lipinski definition) is 8. The second-order valence-corrected chi connectivity index (χ2v) is 15.1. The molecule has 0 amide bonds. The Hall–Kier alpha value is -7.55. The van der Waals surface area contributed by atoms with Crippen LogP contribution in [-0.2, 0) is 0 Å². The SMILES string of the molecule is c1ccc(-c2nc(-c3cccc4oc5cc(-c6nc(-c7ccccc7)nc7c6oc6ccccc67)ccc5c34)nc(-c3cccc4sc5ccccc5c34)n2)cc1. The zero-order valence-corrected chi connectivity index (χ0v) is 30.9. The number of benzene rings is 7.